The predicted octanol–water partition coefficient (Wildman–Crippen LogP) is 0.791. The molecule has 5 nitrogen and oxygen atoms in total. The molecule has 2 aliphatic heterocycles. The van der Waals surface area contributed by atoms with Crippen LogP contribution in [0.4, 0.5) is 11.6 Å². The lowest BCUT2D eigenvalue weighted by atomic mass is 9.95. The van der Waals surface area contributed by atoms with E-state index in [-0.39, 0.29) is 0 Å². The highest BCUT2D eigenvalue weighted by atomic mass is 16.5. The lowest BCUT2D eigenvalue weighted by Gasteiger charge is -2.20. The van der Waals surface area contributed by atoms with Crippen molar-refractivity contribution in [1.82, 2.24) is 9.97 Å². The van der Waals surface area contributed by atoms with E-state index < -0.39 is 0 Å². The second kappa shape index (κ2) is 3.34. The van der Waals surface area contributed by atoms with Gasteiger partial charge in [0.1, 0.15) is 18.0 Å². The predicted molar refractivity (Wildman–Crippen MR) is 56.4 cm³/mol. The van der Waals surface area contributed by atoms with Crippen molar-refractivity contribution in [3.63, 3.8) is 0 Å². The molecule has 5 heteroatoms. The molecule has 0 spiro atoms. The minimum Gasteiger partial charge on any atom is -0.384 e. The summed E-state index contributed by atoms with van der Waals surface area (Å²) >= 11 is 0. The van der Waals surface area contributed by atoms with Crippen LogP contribution in [0.2, 0.25) is 0 Å². The van der Waals surface area contributed by atoms with Gasteiger partial charge in [-0.15, -0.1) is 0 Å². The van der Waals surface area contributed by atoms with Gasteiger partial charge in [0.2, 0.25) is 0 Å². The monoisotopic (exact) mass is 206 g/mol. The fourth-order valence-corrected chi connectivity index (χ4v) is 2.43. The van der Waals surface area contributed by atoms with E-state index in [1.165, 1.54) is 12.7 Å². The van der Waals surface area contributed by atoms with Gasteiger partial charge in [-0.05, 0) is 19.3 Å². The summed E-state index contributed by atoms with van der Waals surface area (Å²) in [7, 11) is 0. The van der Waals surface area contributed by atoms with Gasteiger partial charge in [0.25, 0.3) is 0 Å². The van der Waals surface area contributed by atoms with Crippen LogP contribution >= 0.6 is 0 Å². The van der Waals surface area contributed by atoms with Gasteiger partial charge in [-0.25, -0.2) is 9.97 Å². The average Bonchev–Trinajstić information content (AvgIpc) is 2.79. The van der Waals surface area contributed by atoms with E-state index in [4.69, 9.17) is 10.5 Å². The number of nitrogens with two attached hydrogens (primary N) is 1. The van der Waals surface area contributed by atoms with Crippen LogP contribution in [0.15, 0.2) is 12.4 Å². The minimum absolute atomic E-state index is 0.353. The van der Waals surface area contributed by atoms with Crippen molar-refractivity contribution < 1.29 is 4.74 Å². The molecule has 2 fully saturated rings. The van der Waals surface area contributed by atoms with Crippen molar-refractivity contribution in [2.45, 2.75) is 37.5 Å². The molecule has 0 aromatic carbocycles. The molecule has 3 atom stereocenters. The summed E-state index contributed by atoms with van der Waals surface area (Å²) in [6.07, 6.45) is 5.72. The summed E-state index contributed by atoms with van der Waals surface area (Å²) in [5.41, 5.74) is 5.59. The quantitative estimate of drug-likeness (QED) is 0.748. The summed E-state index contributed by atoms with van der Waals surface area (Å²) in [5.74, 6) is 1.29. The number of hydrogen-bond acceptors (Lipinski definition) is 5. The highest BCUT2D eigenvalue weighted by Crippen LogP contribution is 2.35. The molecule has 0 radical (unpaired) electrons. The van der Waals surface area contributed by atoms with Crippen LogP contribution in [0.3, 0.4) is 0 Å². The van der Waals surface area contributed by atoms with Crippen molar-refractivity contribution >= 4 is 11.6 Å². The lowest BCUT2D eigenvalue weighted by molar-refractivity contribution is 0.102. The van der Waals surface area contributed by atoms with E-state index in [2.05, 4.69) is 15.3 Å². The summed E-state index contributed by atoms with van der Waals surface area (Å²) in [4.78, 5) is 7.99. The molecular weight excluding hydrogens is 192 g/mol. The molecule has 0 aliphatic carbocycles. The van der Waals surface area contributed by atoms with Crippen LogP contribution in [0.5, 0.6) is 0 Å². The lowest BCUT2D eigenvalue weighted by Crippen LogP contribution is -2.30. The third kappa shape index (κ3) is 1.63. The minimum atomic E-state index is 0.353. The summed E-state index contributed by atoms with van der Waals surface area (Å²) in [6, 6.07) is 2.14. The van der Waals surface area contributed by atoms with Gasteiger partial charge in [0, 0.05) is 6.07 Å². The van der Waals surface area contributed by atoms with Gasteiger partial charge in [-0.3, -0.25) is 0 Å². The third-order valence-electron chi connectivity index (χ3n) is 3.13. The van der Waals surface area contributed by atoms with Crippen LogP contribution in [0.1, 0.15) is 19.3 Å². The Morgan fingerprint density at radius 3 is 3.00 bits per heavy atom. The first-order chi connectivity index (χ1) is 7.31. The third-order valence-corrected chi connectivity index (χ3v) is 3.13. The van der Waals surface area contributed by atoms with E-state index in [0.29, 0.717) is 24.1 Å². The molecule has 0 amide bonds. The normalized spacial score (nSPS) is 33.2. The summed E-state index contributed by atoms with van der Waals surface area (Å²) in [6.45, 7) is 0. The Bertz CT molecular complexity index is 370. The molecule has 1 aromatic rings. The Kier molecular flexibility index (Phi) is 1.98. The molecule has 80 valence electrons. The van der Waals surface area contributed by atoms with Crippen molar-refractivity contribution in [3.8, 4) is 0 Å². The molecule has 1 aromatic heterocycles. The van der Waals surface area contributed by atoms with Crippen LogP contribution in [0, 0.1) is 0 Å². The van der Waals surface area contributed by atoms with Gasteiger partial charge >= 0.3 is 0 Å². The van der Waals surface area contributed by atoms with Crippen molar-refractivity contribution in [1.29, 1.82) is 0 Å². The second-order valence-electron chi connectivity index (χ2n) is 4.19. The van der Waals surface area contributed by atoms with Crippen LogP contribution in [0.25, 0.3) is 0 Å². The molecule has 15 heavy (non-hydrogen) atoms. The van der Waals surface area contributed by atoms with Gasteiger partial charge < -0.3 is 15.8 Å². The number of ether oxygens (including phenoxy) is 1. The molecule has 0 saturated carbocycles. The highest BCUT2D eigenvalue weighted by molar-refractivity contribution is 5.44. The molecule has 3 rings (SSSR count). The first kappa shape index (κ1) is 8.91. The smallest absolute Gasteiger partial charge is 0.131 e. The maximum Gasteiger partial charge on any atom is 0.131 e. The van der Waals surface area contributed by atoms with E-state index in [0.717, 1.165) is 18.7 Å². The van der Waals surface area contributed by atoms with Gasteiger partial charge in [-0.2, -0.15) is 0 Å². The number of nitrogens with one attached hydrogen (secondary N) is 1. The molecule has 2 aliphatic rings. The molecule has 3 heterocycles. The van der Waals surface area contributed by atoms with E-state index in [1.807, 2.05) is 0 Å². The van der Waals surface area contributed by atoms with Crippen LogP contribution in [-0.4, -0.2) is 28.2 Å². The molecule has 2 saturated heterocycles. The zero-order valence-corrected chi connectivity index (χ0v) is 8.39. The summed E-state index contributed by atoms with van der Waals surface area (Å²) < 4.78 is 5.75. The Morgan fingerprint density at radius 2 is 2.33 bits per heavy atom. The average molecular weight is 206 g/mol. The SMILES string of the molecule is Nc1cc(NC2CC3CCC2O3)ncn1. The second-order valence-corrected chi connectivity index (χ2v) is 4.19. The van der Waals surface area contributed by atoms with E-state index in [9.17, 15) is 0 Å². The van der Waals surface area contributed by atoms with Gasteiger partial charge in [-0.1, -0.05) is 0 Å². The van der Waals surface area contributed by atoms with Gasteiger partial charge in [0.15, 0.2) is 0 Å². The van der Waals surface area contributed by atoms with Crippen LogP contribution in [-0.2, 0) is 4.74 Å². The highest BCUT2D eigenvalue weighted by Gasteiger charge is 2.40. The first-order valence-corrected chi connectivity index (χ1v) is 5.31. The number of nitrogen functional groups attached to an aromatic ring is 1. The Morgan fingerprint density at radius 1 is 1.40 bits per heavy atom. The van der Waals surface area contributed by atoms with Crippen molar-refractivity contribution in [2.24, 2.45) is 0 Å². The van der Waals surface area contributed by atoms with E-state index >= 15 is 0 Å². The number of anilines is 2. The zero-order chi connectivity index (χ0) is 10.3. The van der Waals surface area contributed by atoms with Crippen molar-refractivity contribution in [3.05, 3.63) is 12.4 Å². The maximum atomic E-state index is 5.75. The Hall–Kier alpha value is -1.36. The largest absolute Gasteiger partial charge is 0.384 e. The van der Waals surface area contributed by atoms with Gasteiger partial charge in [0.05, 0.1) is 18.2 Å². The van der Waals surface area contributed by atoms with Crippen LogP contribution < -0.4 is 11.1 Å². The number of aromatic nitrogens is 2. The first-order valence-electron chi connectivity index (χ1n) is 5.31. The maximum absolute atomic E-state index is 5.75. The number of nitrogens with zero attached hydrogens (tertiary/aromatic N) is 2. The fourth-order valence-electron chi connectivity index (χ4n) is 2.43. The molecule has 3 unspecified atom stereocenters. The molecule has 2 bridgehead atoms. The Balaban J connectivity index is 1.71. The molecular formula is C10H14N4O. The van der Waals surface area contributed by atoms with E-state index in [1.54, 1.807) is 6.07 Å². The Labute approximate surface area is 88.1 Å². The van der Waals surface area contributed by atoms with Crippen molar-refractivity contribution in [2.75, 3.05) is 11.1 Å². The number of hydrogen-bond donors (Lipinski definition) is 2. The fraction of sp³-hybridized carbons (Fsp3) is 0.600. The zero-order valence-electron chi connectivity index (χ0n) is 8.39. The standard InChI is InChI=1S/C10H14N4O/c11-9-4-10(13-5-12-9)14-7-3-6-1-2-8(7)15-6/h4-8H,1-3H2,(H3,11,12,13,14). The number of rotatable bonds is 2. The molecule has 3 N–H and O–H groups in total. The number of fused-ring (bicyclic) bond motifs is 2. The topological polar surface area (TPSA) is 73.1 Å². The summed E-state index contributed by atoms with van der Waals surface area (Å²) in [5, 5.41) is 3.36.